The van der Waals surface area contributed by atoms with Gasteiger partial charge in [0.15, 0.2) is 6.61 Å². The lowest BCUT2D eigenvalue weighted by molar-refractivity contribution is -0.118. The van der Waals surface area contributed by atoms with Crippen molar-refractivity contribution < 1.29 is 19.1 Å². The quantitative estimate of drug-likeness (QED) is 0.643. The number of anilines is 1. The van der Waals surface area contributed by atoms with E-state index in [1.807, 2.05) is 32.0 Å². The molecule has 0 aliphatic carbocycles. The fourth-order valence-electron chi connectivity index (χ4n) is 2.63. The summed E-state index contributed by atoms with van der Waals surface area (Å²) in [7, 11) is 0. The van der Waals surface area contributed by atoms with E-state index in [-0.39, 0.29) is 19.1 Å². The van der Waals surface area contributed by atoms with Gasteiger partial charge in [-0.15, -0.1) is 0 Å². The van der Waals surface area contributed by atoms with Crippen molar-refractivity contribution in [3.63, 3.8) is 0 Å². The molecule has 27 heavy (non-hydrogen) atoms. The Morgan fingerprint density at radius 2 is 1.93 bits per heavy atom. The molecule has 2 aromatic carbocycles. The Hall–Kier alpha value is -2.76. The minimum absolute atomic E-state index is 0.110. The van der Waals surface area contributed by atoms with Crippen molar-refractivity contribution in [2.75, 3.05) is 11.9 Å². The zero-order valence-corrected chi connectivity index (χ0v) is 15.8. The van der Waals surface area contributed by atoms with Gasteiger partial charge in [-0.25, -0.2) is 0 Å². The summed E-state index contributed by atoms with van der Waals surface area (Å²) in [5.41, 5.74) is 3.27. The summed E-state index contributed by atoms with van der Waals surface area (Å²) in [4.78, 5) is 12.3. The van der Waals surface area contributed by atoms with Crippen LogP contribution in [0.3, 0.4) is 0 Å². The van der Waals surface area contributed by atoms with E-state index in [0.29, 0.717) is 28.0 Å². The lowest BCUT2D eigenvalue weighted by Crippen LogP contribution is -2.21. The molecule has 3 rings (SSSR count). The van der Waals surface area contributed by atoms with Crippen LogP contribution < -0.4 is 10.1 Å². The van der Waals surface area contributed by atoms with Crippen LogP contribution in [0, 0.1) is 13.8 Å². The molecule has 0 spiro atoms. The third kappa shape index (κ3) is 4.70. The van der Waals surface area contributed by atoms with Gasteiger partial charge in [0, 0.05) is 16.3 Å². The highest BCUT2D eigenvalue weighted by molar-refractivity contribution is 6.30. The van der Waals surface area contributed by atoms with Crippen molar-refractivity contribution in [3.05, 3.63) is 70.4 Å². The molecule has 1 heterocycles. The van der Waals surface area contributed by atoms with E-state index < -0.39 is 0 Å². The van der Waals surface area contributed by atoms with E-state index in [9.17, 15) is 4.79 Å². The zero-order chi connectivity index (χ0) is 19.4. The average Bonchev–Trinajstić information content (AvgIpc) is 3.12. The number of halogens is 1. The Morgan fingerprint density at radius 1 is 1.11 bits per heavy atom. The molecular weight excluding hydrogens is 366 g/mol. The summed E-state index contributed by atoms with van der Waals surface area (Å²) in [6, 6.07) is 14.4. The number of benzene rings is 2. The predicted octanol–water partition coefficient (Wildman–Crippen LogP) is 4.73. The number of aliphatic hydroxyl groups is 1. The first kappa shape index (κ1) is 19.0. The molecule has 0 saturated heterocycles. The van der Waals surface area contributed by atoms with Gasteiger partial charge in [-0.05, 0) is 61.4 Å². The van der Waals surface area contributed by atoms with Crippen LogP contribution in [0.2, 0.25) is 5.02 Å². The molecule has 1 amide bonds. The Morgan fingerprint density at radius 3 is 2.63 bits per heavy atom. The Labute approximate surface area is 162 Å². The second-order valence-corrected chi connectivity index (χ2v) is 6.64. The fraction of sp³-hybridized carbons (Fsp3) is 0.190. The number of aliphatic hydroxyl groups excluding tert-OH is 1. The van der Waals surface area contributed by atoms with Gasteiger partial charge < -0.3 is 19.6 Å². The van der Waals surface area contributed by atoms with Crippen molar-refractivity contribution >= 4 is 23.2 Å². The minimum Gasteiger partial charge on any atom is -0.483 e. The second-order valence-electron chi connectivity index (χ2n) is 6.20. The summed E-state index contributed by atoms with van der Waals surface area (Å²) in [6.07, 6.45) is 0. The van der Waals surface area contributed by atoms with Gasteiger partial charge in [0.1, 0.15) is 23.9 Å². The van der Waals surface area contributed by atoms with Crippen molar-refractivity contribution in [3.8, 4) is 17.1 Å². The number of furan rings is 1. The van der Waals surface area contributed by atoms with Crippen molar-refractivity contribution in [1.29, 1.82) is 0 Å². The summed E-state index contributed by atoms with van der Waals surface area (Å²) in [5.74, 6) is 1.47. The lowest BCUT2D eigenvalue weighted by Gasteiger charge is -2.12. The molecule has 0 aliphatic rings. The summed E-state index contributed by atoms with van der Waals surface area (Å²) in [5, 5.41) is 12.6. The molecule has 6 heteroatoms. The topological polar surface area (TPSA) is 71.7 Å². The molecule has 0 fully saturated rings. The molecule has 0 radical (unpaired) electrons. The van der Waals surface area contributed by atoms with E-state index in [1.54, 1.807) is 30.3 Å². The number of aryl methyl sites for hydroxylation is 2. The number of carbonyl (C=O) groups excluding carboxylic acids is 1. The number of ether oxygens (including phenoxy) is 1. The van der Waals surface area contributed by atoms with Gasteiger partial charge in [0.2, 0.25) is 0 Å². The number of rotatable bonds is 6. The van der Waals surface area contributed by atoms with E-state index in [1.165, 1.54) is 0 Å². The number of nitrogens with one attached hydrogen (secondary N) is 1. The Bertz CT molecular complexity index is 965. The molecule has 5 nitrogen and oxygen atoms in total. The standard InChI is InChI=1S/C21H20ClNO4/c1-13-3-4-15(20-8-6-17(11-24)27-20)10-18(13)23-21(25)12-26-19-7-5-16(22)9-14(19)2/h3-10,24H,11-12H2,1-2H3,(H,23,25). The average molecular weight is 386 g/mol. The lowest BCUT2D eigenvalue weighted by atomic mass is 10.1. The first-order valence-corrected chi connectivity index (χ1v) is 8.83. The van der Waals surface area contributed by atoms with Crippen LogP contribution in [0.15, 0.2) is 52.9 Å². The van der Waals surface area contributed by atoms with Crippen LogP contribution in [-0.2, 0) is 11.4 Å². The molecule has 1 aromatic heterocycles. The molecule has 0 bridgehead atoms. The molecule has 0 aliphatic heterocycles. The zero-order valence-electron chi connectivity index (χ0n) is 15.1. The second kappa shape index (κ2) is 8.29. The van der Waals surface area contributed by atoms with Gasteiger partial charge in [0.25, 0.3) is 5.91 Å². The van der Waals surface area contributed by atoms with Crippen LogP contribution in [0.25, 0.3) is 11.3 Å². The summed E-state index contributed by atoms with van der Waals surface area (Å²) >= 11 is 5.92. The maximum absolute atomic E-state index is 12.3. The van der Waals surface area contributed by atoms with Crippen molar-refractivity contribution in [1.82, 2.24) is 0 Å². The molecule has 140 valence electrons. The van der Waals surface area contributed by atoms with E-state index in [2.05, 4.69) is 5.32 Å². The highest BCUT2D eigenvalue weighted by Gasteiger charge is 2.11. The van der Waals surface area contributed by atoms with Gasteiger partial charge in [0.05, 0.1) is 0 Å². The van der Waals surface area contributed by atoms with Crippen molar-refractivity contribution in [2.45, 2.75) is 20.5 Å². The molecular formula is C21H20ClNO4. The third-order valence-corrected chi connectivity index (χ3v) is 4.34. The monoisotopic (exact) mass is 385 g/mol. The normalized spacial score (nSPS) is 10.7. The number of hydrogen-bond donors (Lipinski definition) is 2. The van der Waals surface area contributed by atoms with Crippen LogP contribution in [-0.4, -0.2) is 17.6 Å². The van der Waals surface area contributed by atoms with Gasteiger partial charge in [-0.2, -0.15) is 0 Å². The SMILES string of the molecule is Cc1ccc(-c2ccc(CO)o2)cc1NC(=O)COc1ccc(Cl)cc1C. The summed E-state index contributed by atoms with van der Waals surface area (Å²) in [6.45, 7) is 3.51. The molecule has 2 N–H and O–H groups in total. The van der Waals surface area contributed by atoms with Gasteiger partial charge >= 0.3 is 0 Å². The molecule has 3 aromatic rings. The Balaban J connectivity index is 1.69. The highest BCUT2D eigenvalue weighted by Crippen LogP contribution is 2.27. The first-order chi connectivity index (χ1) is 13.0. The highest BCUT2D eigenvalue weighted by atomic mass is 35.5. The van der Waals surface area contributed by atoms with Gasteiger partial charge in [-0.1, -0.05) is 23.7 Å². The Kier molecular flexibility index (Phi) is 5.84. The van der Waals surface area contributed by atoms with Crippen LogP contribution in [0.1, 0.15) is 16.9 Å². The number of hydrogen-bond acceptors (Lipinski definition) is 4. The summed E-state index contributed by atoms with van der Waals surface area (Å²) < 4.78 is 11.1. The van der Waals surface area contributed by atoms with E-state index in [4.69, 9.17) is 25.9 Å². The maximum atomic E-state index is 12.3. The molecule has 0 unspecified atom stereocenters. The maximum Gasteiger partial charge on any atom is 0.262 e. The van der Waals surface area contributed by atoms with Crippen molar-refractivity contribution in [2.24, 2.45) is 0 Å². The first-order valence-electron chi connectivity index (χ1n) is 8.45. The third-order valence-electron chi connectivity index (χ3n) is 4.11. The fourth-order valence-corrected chi connectivity index (χ4v) is 2.86. The van der Waals surface area contributed by atoms with Gasteiger partial charge in [-0.3, -0.25) is 4.79 Å². The molecule has 0 saturated carbocycles. The van der Waals surface area contributed by atoms with E-state index in [0.717, 1.165) is 16.7 Å². The number of carbonyl (C=O) groups is 1. The smallest absolute Gasteiger partial charge is 0.262 e. The van der Waals surface area contributed by atoms with Crippen LogP contribution >= 0.6 is 11.6 Å². The molecule has 0 atom stereocenters. The number of amides is 1. The van der Waals surface area contributed by atoms with Crippen LogP contribution in [0.5, 0.6) is 5.75 Å². The van der Waals surface area contributed by atoms with E-state index >= 15 is 0 Å². The predicted molar refractivity (Wildman–Crippen MR) is 105 cm³/mol. The van der Waals surface area contributed by atoms with Crippen LogP contribution in [0.4, 0.5) is 5.69 Å². The largest absolute Gasteiger partial charge is 0.483 e. The minimum atomic E-state index is -0.264.